The minimum atomic E-state index is -0.410. The Morgan fingerprint density at radius 1 is 1.26 bits per heavy atom. The second kappa shape index (κ2) is 8.40. The number of aliphatic hydroxyl groups is 1. The third kappa shape index (κ3) is 5.91. The zero-order valence-corrected chi connectivity index (χ0v) is 14.1. The zero-order valence-electron chi connectivity index (χ0n) is 14.1. The van der Waals surface area contributed by atoms with E-state index in [9.17, 15) is 9.90 Å². The van der Waals surface area contributed by atoms with E-state index in [1.165, 1.54) is 0 Å². The quantitative estimate of drug-likeness (QED) is 0.729. The predicted octanol–water partition coefficient (Wildman–Crippen LogP) is -0.174. The van der Waals surface area contributed by atoms with Gasteiger partial charge in [-0.05, 0) is 31.8 Å². The van der Waals surface area contributed by atoms with Gasteiger partial charge in [0.05, 0.1) is 6.10 Å². The summed E-state index contributed by atoms with van der Waals surface area (Å²) in [5.41, 5.74) is 6.86. The molecule has 6 nitrogen and oxygen atoms in total. The number of primary amides is 1. The SMILES string of the molecule is CN1CCN(CC(O)CN(C)Cc2ccc(C(N)=O)cc2)CC1. The van der Waals surface area contributed by atoms with Crippen molar-refractivity contribution in [2.24, 2.45) is 5.73 Å². The fourth-order valence-electron chi connectivity index (χ4n) is 2.90. The van der Waals surface area contributed by atoms with E-state index in [2.05, 4.69) is 21.7 Å². The molecule has 1 heterocycles. The topological polar surface area (TPSA) is 73.0 Å². The minimum Gasteiger partial charge on any atom is -0.390 e. The van der Waals surface area contributed by atoms with Gasteiger partial charge in [-0.3, -0.25) is 14.6 Å². The molecule has 1 fully saturated rings. The van der Waals surface area contributed by atoms with Crippen LogP contribution >= 0.6 is 0 Å². The highest BCUT2D eigenvalue weighted by molar-refractivity contribution is 5.92. The molecule has 1 aliphatic rings. The first kappa shape index (κ1) is 17.9. The van der Waals surface area contributed by atoms with Gasteiger partial charge in [-0.1, -0.05) is 12.1 Å². The summed E-state index contributed by atoms with van der Waals surface area (Å²) in [4.78, 5) is 17.8. The van der Waals surface area contributed by atoms with E-state index >= 15 is 0 Å². The van der Waals surface area contributed by atoms with Gasteiger partial charge in [0.25, 0.3) is 0 Å². The van der Waals surface area contributed by atoms with Crippen molar-refractivity contribution < 1.29 is 9.90 Å². The lowest BCUT2D eigenvalue weighted by Gasteiger charge is -2.34. The molecule has 3 N–H and O–H groups in total. The third-order valence-electron chi connectivity index (χ3n) is 4.28. The molecule has 1 aromatic rings. The second-order valence-corrected chi connectivity index (χ2v) is 6.52. The van der Waals surface area contributed by atoms with Crippen molar-refractivity contribution in [3.63, 3.8) is 0 Å². The highest BCUT2D eigenvalue weighted by Crippen LogP contribution is 2.08. The summed E-state index contributed by atoms with van der Waals surface area (Å²) < 4.78 is 0. The van der Waals surface area contributed by atoms with Gasteiger partial charge in [0.2, 0.25) is 5.91 Å². The molecule has 1 atom stereocenters. The number of carbonyl (C=O) groups is 1. The van der Waals surface area contributed by atoms with Crippen LogP contribution in [0.1, 0.15) is 15.9 Å². The number of amides is 1. The number of nitrogens with two attached hydrogens (primary N) is 1. The van der Waals surface area contributed by atoms with Crippen molar-refractivity contribution in [3.05, 3.63) is 35.4 Å². The normalized spacial score (nSPS) is 18.3. The summed E-state index contributed by atoms with van der Waals surface area (Å²) in [5, 5.41) is 10.3. The van der Waals surface area contributed by atoms with E-state index in [1.54, 1.807) is 12.1 Å². The van der Waals surface area contributed by atoms with Crippen LogP contribution in [0.3, 0.4) is 0 Å². The maximum absolute atomic E-state index is 11.1. The summed E-state index contributed by atoms with van der Waals surface area (Å²) in [6, 6.07) is 7.30. The van der Waals surface area contributed by atoms with Crippen LogP contribution in [-0.2, 0) is 6.54 Å². The number of β-amino-alcohol motifs (C(OH)–C–C–N with tert-alkyl or cyclic N) is 1. The highest BCUT2D eigenvalue weighted by Gasteiger charge is 2.18. The molecular formula is C17H28N4O2. The van der Waals surface area contributed by atoms with E-state index in [0.29, 0.717) is 12.1 Å². The van der Waals surface area contributed by atoms with Gasteiger partial charge in [-0.2, -0.15) is 0 Å². The van der Waals surface area contributed by atoms with Crippen molar-refractivity contribution in [3.8, 4) is 0 Å². The lowest BCUT2D eigenvalue weighted by Crippen LogP contribution is -2.48. The molecule has 0 bridgehead atoms. The number of carbonyl (C=O) groups excluding carboxylic acids is 1. The van der Waals surface area contributed by atoms with Crippen molar-refractivity contribution in [2.75, 3.05) is 53.4 Å². The van der Waals surface area contributed by atoms with Crippen molar-refractivity contribution in [2.45, 2.75) is 12.6 Å². The summed E-state index contributed by atoms with van der Waals surface area (Å²) in [6.45, 7) is 6.25. The maximum Gasteiger partial charge on any atom is 0.248 e. The van der Waals surface area contributed by atoms with Crippen LogP contribution in [0, 0.1) is 0 Å². The molecular weight excluding hydrogens is 292 g/mol. The Morgan fingerprint density at radius 3 is 2.43 bits per heavy atom. The third-order valence-corrected chi connectivity index (χ3v) is 4.28. The summed E-state index contributed by atoms with van der Waals surface area (Å²) in [7, 11) is 4.13. The molecule has 1 aromatic carbocycles. The average Bonchev–Trinajstić information content (AvgIpc) is 2.50. The van der Waals surface area contributed by atoms with Crippen LogP contribution in [0.4, 0.5) is 0 Å². The Kier molecular flexibility index (Phi) is 6.53. The molecule has 0 aliphatic carbocycles. The van der Waals surface area contributed by atoms with Crippen LogP contribution < -0.4 is 5.73 Å². The molecule has 1 saturated heterocycles. The largest absolute Gasteiger partial charge is 0.390 e. The first-order chi connectivity index (χ1) is 10.9. The molecule has 2 rings (SSSR count). The van der Waals surface area contributed by atoms with Crippen LogP contribution in [0.5, 0.6) is 0 Å². The van der Waals surface area contributed by atoms with Gasteiger partial charge in [-0.25, -0.2) is 0 Å². The Labute approximate surface area is 138 Å². The van der Waals surface area contributed by atoms with E-state index < -0.39 is 5.91 Å². The lowest BCUT2D eigenvalue weighted by molar-refractivity contribution is 0.0594. The van der Waals surface area contributed by atoms with Gasteiger partial charge >= 0.3 is 0 Å². The van der Waals surface area contributed by atoms with E-state index in [-0.39, 0.29) is 6.10 Å². The van der Waals surface area contributed by atoms with Gasteiger partial charge < -0.3 is 15.7 Å². The molecule has 1 amide bonds. The second-order valence-electron chi connectivity index (χ2n) is 6.52. The average molecular weight is 320 g/mol. The molecule has 0 spiro atoms. The lowest BCUT2D eigenvalue weighted by atomic mass is 10.1. The first-order valence-corrected chi connectivity index (χ1v) is 8.10. The van der Waals surface area contributed by atoms with Crippen LogP contribution in [0.25, 0.3) is 0 Å². The van der Waals surface area contributed by atoms with Gasteiger partial charge in [0.1, 0.15) is 0 Å². The zero-order chi connectivity index (χ0) is 16.8. The Morgan fingerprint density at radius 2 is 1.87 bits per heavy atom. The molecule has 0 saturated carbocycles. The molecule has 6 heteroatoms. The molecule has 0 aromatic heterocycles. The maximum atomic E-state index is 11.1. The van der Waals surface area contributed by atoms with Gasteiger partial charge in [-0.15, -0.1) is 0 Å². The van der Waals surface area contributed by atoms with E-state index in [0.717, 1.165) is 44.8 Å². The number of benzene rings is 1. The number of hydrogen-bond donors (Lipinski definition) is 2. The van der Waals surface area contributed by atoms with Crippen molar-refractivity contribution in [1.82, 2.24) is 14.7 Å². The Bertz CT molecular complexity index is 498. The van der Waals surface area contributed by atoms with E-state index in [1.807, 2.05) is 19.2 Å². The van der Waals surface area contributed by atoms with Crippen LogP contribution in [0.2, 0.25) is 0 Å². The summed E-state index contributed by atoms with van der Waals surface area (Å²) in [6.07, 6.45) is -0.353. The Balaban J connectivity index is 1.75. The summed E-state index contributed by atoms with van der Waals surface area (Å²) >= 11 is 0. The molecule has 128 valence electrons. The van der Waals surface area contributed by atoms with Gasteiger partial charge in [0.15, 0.2) is 0 Å². The minimum absolute atomic E-state index is 0.353. The number of piperazine rings is 1. The summed E-state index contributed by atoms with van der Waals surface area (Å²) in [5.74, 6) is -0.410. The fraction of sp³-hybridized carbons (Fsp3) is 0.588. The highest BCUT2D eigenvalue weighted by atomic mass is 16.3. The van der Waals surface area contributed by atoms with Crippen LogP contribution in [0.15, 0.2) is 24.3 Å². The monoisotopic (exact) mass is 320 g/mol. The van der Waals surface area contributed by atoms with Crippen molar-refractivity contribution in [1.29, 1.82) is 0 Å². The number of hydrogen-bond acceptors (Lipinski definition) is 5. The van der Waals surface area contributed by atoms with Crippen molar-refractivity contribution >= 4 is 5.91 Å². The number of aliphatic hydroxyl groups excluding tert-OH is 1. The van der Waals surface area contributed by atoms with Gasteiger partial charge in [0, 0.05) is 51.4 Å². The molecule has 23 heavy (non-hydrogen) atoms. The number of rotatable bonds is 7. The molecule has 1 unspecified atom stereocenters. The Hall–Kier alpha value is -1.47. The number of nitrogens with zero attached hydrogens (tertiary/aromatic N) is 3. The van der Waals surface area contributed by atoms with Crippen LogP contribution in [-0.4, -0.2) is 85.2 Å². The predicted molar refractivity (Wildman–Crippen MR) is 91.2 cm³/mol. The standard InChI is InChI=1S/C17H28N4O2/c1-19-7-9-21(10-8-19)13-16(22)12-20(2)11-14-3-5-15(6-4-14)17(18)23/h3-6,16,22H,7-13H2,1-2H3,(H2,18,23). The molecule has 0 radical (unpaired) electrons. The first-order valence-electron chi connectivity index (χ1n) is 8.10. The molecule has 1 aliphatic heterocycles. The smallest absolute Gasteiger partial charge is 0.248 e. The fourth-order valence-corrected chi connectivity index (χ4v) is 2.90. The van der Waals surface area contributed by atoms with E-state index in [4.69, 9.17) is 5.73 Å². The number of likely N-dealkylation sites (N-methyl/N-ethyl adjacent to an activating group) is 2.